The Labute approximate surface area is 147 Å². The standard InChI is InChI=1S/C19H34N2O3/c1-15(2)10-9-11-16(3)20-21(18(22)24-19(4,5)6)14-17-12-7-8-13-23-17/h10,17H,7-9,11-14H2,1-6H3/b20-16+. The van der Waals surface area contributed by atoms with Gasteiger partial charge in [0.05, 0.1) is 12.6 Å². The Kier molecular flexibility index (Phi) is 8.46. The normalized spacial score (nSPS) is 18.9. The fourth-order valence-corrected chi connectivity index (χ4v) is 2.44. The first-order valence-corrected chi connectivity index (χ1v) is 8.97. The molecule has 1 fully saturated rings. The first-order chi connectivity index (χ1) is 11.2. The van der Waals surface area contributed by atoms with Gasteiger partial charge in [-0.2, -0.15) is 10.1 Å². The summed E-state index contributed by atoms with van der Waals surface area (Å²) in [7, 11) is 0. The van der Waals surface area contributed by atoms with Gasteiger partial charge in [0.1, 0.15) is 5.60 Å². The molecule has 0 bridgehead atoms. The molecule has 1 heterocycles. The van der Waals surface area contributed by atoms with Crippen molar-refractivity contribution < 1.29 is 14.3 Å². The number of hydrazone groups is 1. The van der Waals surface area contributed by atoms with Gasteiger partial charge in [-0.05, 0) is 73.6 Å². The van der Waals surface area contributed by atoms with Gasteiger partial charge < -0.3 is 9.47 Å². The van der Waals surface area contributed by atoms with Crippen molar-refractivity contribution in [3.63, 3.8) is 0 Å². The highest BCUT2D eigenvalue weighted by atomic mass is 16.6. The first-order valence-electron chi connectivity index (χ1n) is 8.97. The van der Waals surface area contributed by atoms with Crippen LogP contribution in [0.4, 0.5) is 4.79 Å². The predicted octanol–water partition coefficient (Wildman–Crippen LogP) is 4.91. The second-order valence-corrected chi connectivity index (χ2v) is 7.71. The van der Waals surface area contributed by atoms with Crippen molar-refractivity contribution in [3.8, 4) is 0 Å². The maximum absolute atomic E-state index is 12.5. The average Bonchev–Trinajstić information content (AvgIpc) is 2.45. The Hall–Kier alpha value is -1.36. The van der Waals surface area contributed by atoms with Crippen molar-refractivity contribution in [2.24, 2.45) is 5.10 Å². The minimum atomic E-state index is -0.533. The van der Waals surface area contributed by atoms with Gasteiger partial charge in [-0.1, -0.05) is 11.6 Å². The minimum Gasteiger partial charge on any atom is -0.442 e. The summed E-state index contributed by atoms with van der Waals surface area (Å²) in [4.78, 5) is 12.5. The Morgan fingerprint density at radius 3 is 2.54 bits per heavy atom. The van der Waals surface area contributed by atoms with Crippen molar-refractivity contribution in [2.75, 3.05) is 13.2 Å². The Morgan fingerprint density at radius 2 is 2.00 bits per heavy atom. The van der Waals surface area contributed by atoms with Crippen molar-refractivity contribution in [2.45, 2.75) is 85.4 Å². The lowest BCUT2D eigenvalue weighted by molar-refractivity contribution is -0.0191. The molecule has 0 aromatic heterocycles. The molecule has 1 amide bonds. The molecule has 0 aliphatic carbocycles. The summed E-state index contributed by atoms with van der Waals surface area (Å²) >= 11 is 0. The molecule has 1 rings (SSSR count). The van der Waals surface area contributed by atoms with Crippen molar-refractivity contribution in [1.29, 1.82) is 0 Å². The van der Waals surface area contributed by atoms with E-state index in [2.05, 4.69) is 25.0 Å². The van der Waals surface area contributed by atoms with Crippen LogP contribution < -0.4 is 0 Å². The number of hydrogen-bond acceptors (Lipinski definition) is 4. The van der Waals surface area contributed by atoms with Gasteiger partial charge in [-0.3, -0.25) is 0 Å². The summed E-state index contributed by atoms with van der Waals surface area (Å²) in [5, 5.41) is 5.96. The zero-order valence-electron chi connectivity index (χ0n) is 16.2. The van der Waals surface area contributed by atoms with Crippen molar-refractivity contribution >= 4 is 11.8 Å². The van der Waals surface area contributed by atoms with Crippen LogP contribution in [0.3, 0.4) is 0 Å². The SMILES string of the molecule is CC(C)=CCC/C(C)=N/N(CC1CCCCO1)C(=O)OC(C)(C)C. The van der Waals surface area contributed by atoms with Crippen LogP contribution in [-0.4, -0.2) is 41.7 Å². The van der Waals surface area contributed by atoms with E-state index >= 15 is 0 Å². The van der Waals surface area contributed by atoms with Gasteiger partial charge in [0.25, 0.3) is 0 Å². The summed E-state index contributed by atoms with van der Waals surface area (Å²) in [6.45, 7) is 12.9. The second kappa shape index (κ2) is 9.82. The summed E-state index contributed by atoms with van der Waals surface area (Å²) in [6, 6.07) is 0. The van der Waals surface area contributed by atoms with E-state index in [1.54, 1.807) is 0 Å². The van der Waals surface area contributed by atoms with Crippen LogP contribution in [0.5, 0.6) is 0 Å². The fraction of sp³-hybridized carbons (Fsp3) is 0.789. The molecule has 5 nitrogen and oxygen atoms in total. The first kappa shape index (κ1) is 20.7. The van der Waals surface area contributed by atoms with Crippen LogP contribution in [-0.2, 0) is 9.47 Å². The number of allylic oxidation sites excluding steroid dienone is 2. The molecule has 0 saturated carbocycles. The van der Waals surface area contributed by atoms with Crippen LogP contribution in [0.25, 0.3) is 0 Å². The number of carbonyl (C=O) groups is 1. The number of nitrogens with zero attached hydrogens (tertiary/aromatic N) is 2. The zero-order chi connectivity index (χ0) is 18.2. The summed E-state index contributed by atoms with van der Waals surface area (Å²) in [5.74, 6) is 0. The molecule has 1 unspecified atom stereocenters. The zero-order valence-corrected chi connectivity index (χ0v) is 16.2. The molecule has 1 saturated heterocycles. The molecular formula is C19H34N2O3. The molecule has 0 aromatic rings. The quantitative estimate of drug-likeness (QED) is 0.392. The highest BCUT2D eigenvalue weighted by Gasteiger charge is 2.26. The average molecular weight is 338 g/mol. The molecule has 1 aliphatic rings. The van der Waals surface area contributed by atoms with Crippen LogP contribution in [0.15, 0.2) is 16.8 Å². The Bertz CT molecular complexity index is 454. The van der Waals surface area contributed by atoms with Crippen LogP contribution in [0.1, 0.15) is 73.6 Å². The van der Waals surface area contributed by atoms with Crippen molar-refractivity contribution in [1.82, 2.24) is 5.01 Å². The van der Waals surface area contributed by atoms with Crippen molar-refractivity contribution in [3.05, 3.63) is 11.6 Å². The van der Waals surface area contributed by atoms with E-state index < -0.39 is 11.7 Å². The predicted molar refractivity (Wildman–Crippen MR) is 98.3 cm³/mol. The smallest absolute Gasteiger partial charge is 0.430 e. The molecule has 24 heavy (non-hydrogen) atoms. The monoisotopic (exact) mass is 338 g/mol. The third-order valence-electron chi connectivity index (χ3n) is 3.60. The number of ether oxygens (including phenoxy) is 2. The molecule has 1 atom stereocenters. The summed E-state index contributed by atoms with van der Waals surface area (Å²) in [5.41, 5.74) is 1.69. The van der Waals surface area contributed by atoms with E-state index in [4.69, 9.17) is 9.47 Å². The number of amides is 1. The summed E-state index contributed by atoms with van der Waals surface area (Å²) < 4.78 is 11.3. The van der Waals surface area contributed by atoms with E-state index in [0.717, 1.165) is 44.4 Å². The highest BCUT2D eigenvalue weighted by molar-refractivity contribution is 5.83. The van der Waals surface area contributed by atoms with Gasteiger partial charge in [-0.25, -0.2) is 4.79 Å². The molecule has 0 aromatic carbocycles. The lowest BCUT2D eigenvalue weighted by Crippen LogP contribution is -2.40. The van der Waals surface area contributed by atoms with Gasteiger partial charge in [-0.15, -0.1) is 0 Å². The van der Waals surface area contributed by atoms with E-state index in [9.17, 15) is 4.79 Å². The number of rotatable bonds is 6. The van der Waals surface area contributed by atoms with E-state index in [1.807, 2.05) is 27.7 Å². The minimum absolute atomic E-state index is 0.0422. The maximum Gasteiger partial charge on any atom is 0.430 e. The number of carbonyl (C=O) groups excluding carboxylic acids is 1. The molecule has 1 aliphatic heterocycles. The maximum atomic E-state index is 12.5. The largest absolute Gasteiger partial charge is 0.442 e. The van der Waals surface area contributed by atoms with E-state index in [-0.39, 0.29) is 6.10 Å². The molecule has 0 N–H and O–H groups in total. The third-order valence-corrected chi connectivity index (χ3v) is 3.60. The highest BCUT2D eigenvalue weighted by Crippen LogP contribution is 2.17. The van der Waals surface area contributed by atoms with Crippen LogP contribution in [0, 0.1) is 0 Å². The van der Waals surface area contributed by atoms with Gasteiger partial charge in [0.15, 0.2) is 0 Å². The van der Waals surface area contributed by atoms with Gasteiger partial charge >= 0.3 is 6.09 Å². The van der Waals surface area contributed by atoms with Gasteiger partial charge in [0.2, 0.25) is 0 Å². The lowest BCUT2D eigenvalue weighted by Gasteiger charge is -2.29. The van der Waals surface area contributed by atoms with Crippen LogP contribution >= 0.6 is 0 Å². The van der Waals surface area contributed by atoms with Crippen LogP contribution in [0.2, 0.25) is 0 Å². The third kappa shape index (κ3) is 9.06. The molecular weight excluding hydrogens is 304 g/mol. The lowest BCUT2D eigenvalue weighted by atomic mass is 10.1. The second-order valence-electron chi connectivity index (χ2n) is 7.71. The molecule has 5 heteroatoms. The topological polar surface area (TPSA) is 51.1 Å². The molecule has 138 valence electrons. The Balaban J connectivity index is 2.74. The van der Waals surface area contributed by atoms with Gasteiger partial charge in [0, 0.05) is 12.3 Å². The van der Waals surface area contributed by atoms with E-state index in [0.29, 0.717) is 6.54 Å². The Morgan fingerprint density at radius 1 is 1.29 bits per heavy atom. The van der Waals surface area contributed by atoms with E-state index in [1.165, 1.54) is 10.6 Å². The number of hydrogen-bond donors (Lipinski definition) is 0. The molecule has 0 radical (unpaired) electrons. The fourth-order valence-electron chi connectivity index (χ4n) is 2.44. The summed E-state index contributed by atoms with van der Waals surface area (Å²) in [6.07, 6.45) is 6.77. The molecule has 0 spiro atoms.